The van der Waals surface area contributed by atoms with Gasteiger partial charge in [0.05, 0.1) is 31.5 Å². The zero-order valence-corrected chi connectivity index (χ0v) is 21.0. The van der Waals surface area contributed by atoms with Crippen LogP contribution in [0.3, 0.4) is 0 Å². The lowest BCUT2D eigenvalue weighted by Gasteiger charge is -2.19. The van der Waals surface area contributed by atoms with E-state index in [-0.39, 0.29) is 5.91 Å². The molecular formula is C24H28ClN3O4S. The van der Waals surface area contributed by atoms with Gasteiger partial charge in [-0.25, -0.2) is 4.98 Å². The molecule has 0 atom stereocenters. The Balaban J connectivity index is 1.90. The Labute approximate surface area is 203 Å². The van der Waals surface area contributed by atoms with Crippen molar-refractivity contribution in [3.63, 3.8) is 0 Å². The average molecular weight is 490 g/mol. The molecule has 0 spiro atoms. The molecule has 2 aromatic carbocycles. The van der Waals surface area contributed by atoms with Crippen molar-refractivity contribution in [1.82, 2.24) is 9.88 Å². The molecule has 1 aromatic heterocycles. The molecule has 33 heavy (non-hydrogen) atoms. The number of hydrogen-bond acceptors (Lipinski definition) is 7. The van der Waals surface area contributed by atoms with Crippen LogP contribution >= 0.6 is 22.9 Å². The molecule has 0 aliphatic rings. The highest BCUT2D eigenvalue weighted by molar-refractivity contribution is 7.22. The number of hydrogen-bond donors (Lipinski definition) is 0. The zero-order chi connectivity index (χ0) is 24.0. The second-order valence-corrected chi connectivity index (χ2v) is 8.99. The van der Waals surface area contributed by atoms with Gasteiger partial charge in [-0.1, -0.05) is 22.9 Å². The van der Waals surface area contributed by atoms with Crippen molar-refractivity contribution in [2.45, 2.75) is 6.42 Å². The summed E-state index contributed by atoms with van der Waals surface area (Å²) in [4.78, 5) is 21.7. The SMILES string of the molecule is COc1cc(/C=C/C(=O)N(CCCN(C)C)c2nc3ccc(Cl)cc3s2)cc(OC)c1OC. The maximum absolute atomic E-state index is 13.2. The number of fused-ring (bicyclic) bond motifs is 1. The van der Waals surface area contributed by atoms with Crippen LogP contribution in [0.4, 0.5) is 5.13 Å². The Kier molecular flexibility index (Phi) is 8.55. The zero-order valence-electron chi connectivity index (χ0n) is 19.4. The van der Waals surface area contributed by atoms with Crippen LogP contribution in [-0.2, 0) is 4.79 Å². The van der Waals surface area contributed by atoms with Crippen molar-refractivity contribution < 1.29 is 19.0 Å². The van der Waals surface area contributed by atoms with Crippen molar-refractivity contribution >= 4 is 50.3 Å². The molecule has 0 aliphatic heterocycles. The molecule has 176 valence electrons. The quantitative estimate of drug-likeness (QED) is 0.374. The van der Waals surface area contributed by atoms with Gasteiger partial charge in [-0.15, -0.1) is 0 Å². The number of amides is 1. The van der Waals surface area contributed by atoms with E-state index in [1.165, 1.54) is 17.4 Å². The molecule has 3 rings (SSSR count). The highest BCUT2D eigenvalue weighted by Crippen LogP contribution is 2.38. The summed E-state index contributed by atoms with van der Waals surface area (Å²) in [7, 11) is 8.69. The van der Waals surface area contributed by atoms with Crippen LogP contribution in [0.25, 0.3) is 16.3 Å². The van der Waals surface area contributed by atoms with Gasteiger partial charge in [0.2, 0.25) is 5.75 Å². The molecule has 0 saturated heterocycles. The molecule has 7 nitrogen and oxygen atoms in total. The summed E-state index contributed by atoms with van der Waals surface area (Å²) < 4.78 is 17.1. The van der Waals surface area contributed by atoms with E-state index in [0.717, 1.165) is 28.7 Å². The van der Waals surface area contributed by atoms with Gasteiger partial charge in [-0.3, -0.25) is 9.69 Å². The Hall–Kier alpha value is -2.81. The van der Waals surface area contributed by atoms with Gasteiger partial charge in [-0.05, 0) is 69.0 Å². The first kappa shape index (κ1) is 24.8. The lowest BCUT2D eigenvalue weighted by Crippen LogP contribution is -2.32. The lowest BCUT2D eigenvalue weighted by molar-refractivity contribution is -0.114. The van der Waals surface area contributed by atoms with Crippen LogP contribution in [0.1, 0.15) is 12.0 Å². The van der Waals surface area contributed by atoms with Gasteiger partial charge in [0.25, 0.3) is 5.91 Å². The van der Waals surface area contributed by atoms with Crippen LogP contribution in [-0.4, -0.2) is 64.3 Å². The second kappa shape index (κ2) is 11.4. The largest absolute Gasteiger partial charge is 0.493 e. The smallest absolute Gasteiger partial charge is 0.252 e. The summed E-state index contributed by atoms with van der Waals surface area (Å²) in [6, 6.07) is 9.12. The fourth-order valence-corrected chi connectivity index (χ4v) is 4.58. The van der Waals surface area contributed by atoms with E-state index in [9.17, 15) is 4.79 Å². The number of nitrogens with zero attached hydrogens (tertiary/aromatic N) is 3. The Morgan fingerprint density at radius 1 is 1.06 bits per heavy atom. The van der Waals surface area contributed by atoms with Gasteiger partial charge in [0.1, 0.15) is 0 Å². The Morgan fingerprint density at radius 3 is 2.36 bits per heavy atom. The van der Waals surface area contributed by atoms with E-state index in [4.69, 9.17) is 25.8 Å². The number of methoxy groups -OCH3 is 3. The molecular weight excluding hydrogens is 462 g/mol. The van der Waals surface area contributed by atoms with Gasteiger partial charge >= 0.3 is 0 Å². The first-order valence-corrected chi connectivity index (χ1v) is 11.6. The van der Waals surface area contributed by atoms with E-state index >= 15 is 0 Å². The predicted octanol–water partition coefficient (Wildman–Crippen LogP) is 4.97. The number of rotatable bonds is 10. The standard InChI is InChI=1S/C24H28ClN3O4S/c1-27(2)11-6-12-28(24-26-18-9-8-17(25)15-21(18)33-24)22(29)10-7-16-13-19(30-3)23(32-5)20(14-16)31-4/h7-10,13-15H,6,11-12H2,1-5H3/b10-7+. The topological polar surface area (TPSA) is 64.1 Å². The third-order valence-electron chi connectivity index (χ3n) is 4.93. The lowest BCUT2D eigenvalue weighted by atomic mass is 10.1. The van der Waals surface area contributed by atoms with Gasteiger partial charge in [0, 0.05) is 17.6 Å². The van der Waals surface area contributed by atoms with Crippen molar-refractivity contribution in [3.8, 4) is 17.2 Å². The normalized spacial score (nSPS) is 11.4. The van der Waals surface area contributed by atoms with E-state index in [0.29, 0.717) is 33.9 Å². The number of carbonyl (C=O) groups is 1. The van der Waals surface area contributed by atoms with Crippen LogP contribution in [0.2, 0.25) is 5.02 Å². The van der Waals surface area contributed by atoms with Crippen molar-refractivity contribution in [2.75, 3.05) is 53.4 Å². The van der Waals surface area contributed by atoms with Gasteiger partial charge in [-0.2, -0.15) is 0 Å². The van der Waals surface area contributed by atoms with Crippen molar-refractivity contribution in [2.24, 2.45) is 0 Å². The monoisotopic (exact) mass is 489 g/mol. The Bertz CT molecular complexity index is 1120. The molecule has 0 unspecified atom stereocenters. The second-order valence-electron chi connectivity index (χ2n) is 7.55. The van der Waals surface area contributed by atoms with E-state index in [1.807, 2.05) is 26.2 Å². The highest BCUT2D eigenvalue weighted by Gasteiger charge is 2.18. The van der Waals surface area contributed by atoms with E-state index in [1.54, 1.807) is 50.5 Å². The molecule has 0 saturated carbocycles. The van der Waals surface area contributed by atoms with E-state index in [2.05, 4.69) is 9.88 Å². The minimum Gasteiger partial charge on any atom is -0.493 e. The molecule has 1 amide bonds. The molecule has 0 N–H and O–H groups in total. The molecule has 3 aromatic rings. The molecule has 0 aliphatic carbocycles. The van der Waals surface area contributed by atoms with Crippen LogP contribution in [0.5, 0.6) is 17.2 Å². The number of ether oxygens (including phenoxy) is 3. The number of aromatic nitrogens is 1. The molecule has 0 fully saturated rings. The summed E-state index contributed by atoms with van der Waals surface area (Å²) in [5, 5.41) is 1.29. The molecule has 9 heteroatoms. The van der Waals surface area contributed by atoms with Gasteiger partial charge < -0.3 is 19.1 Å². The summed E-state index contributed by atoms with van der Waals surface area (Å²) in [6.45, 7) is 1.40. The summed E-state index contributed by atoms with van der Waals surface area (Å²) in [6.07, 6.45) is 4.08. The summed E-state index contributed by atoms with van der Waals surface area (Å²) in [5.74, 6) is 1.39. The third-order valence-corrected chi connectivity index (χ3v) is 6.20. The summed E-state index contributed by atoms with van der Waals surface area (Å²) in [5.41, 5.74) is 1.57. The minimum atomic E-state index is -0.160. The molecule has 0 radical (unpaired) electrons. The van der Waals surface area contributed by atoms with Crippen LogP contribution < -0.4 is 19.1 Å². The number of benzene rings is 2. The number of anilines is 1. The minimum absolute atomic E-state index is 0.160. The number of thiazole rings is 1. The predicted molar refractivity (Wildman–Crippen MR) is 135 cm³/mol. The van der Waals surface area contributed by atoms with Crippen LogP contribution in [0, 0.1) is 0 Å². The molecule has 1 heterocycles. The van der Waals surface area contributed by atoms with Crippen LogP contribution in [0.15, 0.2) is 36.4 Å². The average Bonchev–Trinajstić information content (AvgIpc) is 3.21. The highest BCUT2D eigenvalue weighted by atomic mass is 35.5. The maximum Gasteiger partial charge on any atom is 0.252 e. The van der Waals surface area contributed by atoms with Crippen molar-refractivity contribution in [3.05, 3.63) is 47.0 Å². The maximum atomic E-state index is 13.2. The summed E-state index contributed by atoms with van der Waals surface area (Å²) >= 11 is 7.58. The first-order chi connectivity index (χ1) is 15.9. The van der Waals surface area contributed by atoms with Crippen molar-refractivity contribution in [1.29, 1.82) is 0 Å². The number of carbonyl (C=O) groups excluding carboxylic acids is 1. The Morgan fingerprint density at radius 2 is 1.76 bits per heavy atom. The first-order valence-electron chi connectivity index (χ1n) is 10.4. The molecule has 0 bridgehead atoms. The fourth-order valence-electron chi connectivity index (χ4n) is 3.30. The fraction of sp³-hybridized carbons (Fsp3) is 0.333. The van der Waals surface area contributed by atoms with Gasteiger partial charge in [0.15, 0.2) is 16.6 Å². The third kappa shape index (κ3) is 6.16. The number of halogens is 1. The van der Waals surface area contributed by atoms with E-state index < -0.39 is 0 Å².